The van der Waals surface area contributed by atoms with Gasteiger partial charge in [0.15, 0.2) is 0 Å². The molecule has 0 heterocycles. The average molecular weight is 359 g/mol. The highest BCUT2D eigenvalue weighted by Gasteiger charge is 2.32. The minimum absolute atomic E-state index is 0.0464. The summed E-state index contributed by atoms with van der Waals surface area (Å²) < 4.78 is 13.6. The first-order chi connectivity index (χ1) is 9.97. The van der Waals surface area contributed by atoms with E-state index in [0.717, 1.165) is 12.8 Å². The van der Waals surface area contributed by atoms with E-state index >= 15 is 0 Å². The van der Waals surface area contributed by atoms with Gasteiger partial charge in [0.2, 0.25) is 0 Å². The molecule has 2 unspecified atom stereocenters. The van der Waals surface area contributed by atoms with Crippen LogP contribution >= 0.6 is 15.9 Å². The molecule has 21 heavy (non-hydrogen) atoms. The third kappa shape index (κ3) is 4.17. The van der Waals surface area contributed by atoms with Crippen molar-refractivity contribution in [2.75, 3.05) is 11.9 Å². The molecule has 0 radical (unpaired) electrons. The van der Waals surface area contributed by atoms with Crippen molar-refractivity contribution in [2.24, 2.45) is 11.8 Å². The van der Waals surface area contributed by atoms with Crippen molar-refractivity contribution in [2.45, 2.75) is 19.3 Å². The fourth-order valence-corrected chi connectivity index (χ4v) is 2.83. The molecule has 2 atom stereocenters. The maximum Gasteiger partial charge on any atom is 0.319 e. The number of carboxylic acids is 1. The van der Waals surface area contributed by atoms with Gasteiger partial charge in [0.1, 0.15) is 5.82 Å². The van der Waals surface area contributed by atoms with Crippen LogP contribution in [0.1, 0.15) is 19.3 Å². The lowest BCUT2D eigenvalue weighted by atomic mass is 9.96. The quantitative estimate of drug-likeness (QED) is 0.773. The Kier molecular flexibility index (Phi) is 5.17. The highest BCUT2D eigenvalue weighted by molar-refractivity contribution is 9.10. The lowest BCUT2D eigenvalue weighted by Gasteiger charge is -2.16. The Labute approximate surface area is 130 Å². The molecule has 0 spiro atoms. The molecule has 114 valence electrons. The van der Waals surface area contributed by atoms with Gasteiger partial charge >= 0.3 is 12.0 Å². The van der Waals surface area contributed by atoms with Crippen LogP contribution < -0.4 is 10.6 Å². The van der Waals surface area contributed by atoms with Crippen molar-refractivity contribution in [1.29, 1.82) is 0 Å². The van der Waals surface area contributed by atoms with Crippen molar-refractivity contribution < 1.29 is 19.1 Å². The fourth-order valence-electron chi connectivity index (χ4n) is 2.58. The summed E-state index contributed by atoms with van der Waals surface area (Å²) in [7, 11) is 0. The lowest BCUT2D eigenvalue weighted by molar-refractivity contribution is -0.142. The molecule has 1 aromatic carbocycles. The van der Waals surface area contributed by atoms with Crippen molar-refractivity contribution in [3.05, 3.63) is 28.5 Å². The van der Waals surface area contributed by atoms with Crippen LogP contribution in [0.5, 0.6) is 0 Å². The minimum Gasteiger partial charge on any atom is -0.481 e. The SMILES string of the molecule is O=C(NCC1CCCC1C(=O)O)Nc1ccc(Br)c(F)c1. The third-order valence-corrected chi connectivity index (χ3v) is 4.32. The largest absolute Gasteiger partial charge is 0.481 e. The minimum atomic E-state index is -0.810. The first kappa shape index (κ1) is 15.8. The number of hydrogen-bond acceptors (Lipinski definition) is 2. The Balaban J connectivity index is 1.84. The van der Waals surface area contributed by atoms with E-state index in [9.17, 15) is 14.0 Å². The van der Waals surface area contributed by atoms with Gasteiger partial charge in [0.25, 0.3) is 0 Å². The second-order valence-electron chi connectivity index (χ2n) is 5.10. The number of nitrogens with one attached hydrogen (secondary N) is 2. The van der Waals surface area contributed by atoms with Crippen molar-refractivity contribution in [3.63, 3.8) is 0 Å². The van der Waals surface area contributed by atoms with E-state index in [1.54, 1.807) is 6.07 Å². The first-order valence-corrected chi connectivity index (χ1v) is 7.49. The van der Waals surface area contributed by atoms with Gasteiger partial charge in [-0.15, -0.1) is 0 Å². The van der Waals surface area contributed by atoms with E-state index in [0.29, 0.717) is 23.1 Å². The number of carbonyl (C=O) groups is 2. The number of carboxylic acid groups (broad SMARTS) is 1. The molecule has 3 N–H and O–H groups in total. The molecule has 5 nitrogen and oxygen atoms in total. The molecule has 1 aromatic rings. The molecule has 2 rings (SSSR count). The van der Waals surface area contributed by atoms with E-state index in [-0.39, 0.29) is 5.92 Å². The second-order valence-corrected chi connectivity index (χ2v) is 5.95. The van der Waals surface area contributed by atoms with E-state index in [4.69, 9.17) is 5.11 Å². The maximum atomic E-state index is 13.3. The summed E-state index contributed by atoms with van der Waals surface area (Å²) in [5, 5.41) is 14.2. The van der Waals surface area contributed by atoms with E-state index in [1.165, 1.54) is 12.1 Å². The Bertz CT molecular complexity index is 553. The molecular weight excluding hydrogens is 343 g/mol. The standard InChI is InChI=1S/C14H16BrFN2O3/c15-11-5-4-9(6-12(11)16)18-14(21)17-7-8-2-1-3-10(8)13(19)20/h4-6,8,10H,1-3,7H2,(H,19,20)(H2,17,18,21). The van der Waals surface area contributed by atoms with Gasteiger partial charge in [-0.25, -0.2) is 9.18 Å². The molecule has 7 heteroatoms. The number of hydrogen-bond donors (Lipinski definition) is 3. The molecule has 0 aliphatic heterocycles. The smallest absolute Gasteiger partial charge is 0.319 e. The summed E-state index contributed by atoms with van der Waals surface area (Å²) in [5.41, 5.74) is 0.342. The van der Waals surface area contributed by atoms with Crippen LogP contribution in [0, 0.1) is 17.7 Å². The molecule has 0 aromatic heterocycles. The second kappa shape index (κ2) is 6.89. The summed E-state index contributed by atoms with van der Waals surface area (Å²) in [6, 6.07) is 3.82. The predicted octanol–water partition coefficient (Wildman–Crippen LogP) is 3.21. The summed E-state index contributed by atoms with van der Waals surface area (Å²) >= 11 is 3.03. The summed E-state index contributed by atoms with van der Waals surface area (Å²) in [6.45, 7) is 0.307. The van der Waals surface area contributed by atoms with Gasteiger partial charge in [-0.3, -0.25) is 4.79 Å². The number of aliphatic carboxylic acids is 1. The Morgan fingerprint density at radius 3 is 2.81 bits per heavy atom. The first-order valence-electron chi connectivity index (χ1n) is 6.70. The zero-order valence-electron chi connectivity index (χ0n) is 11.2. The van der Waals surface area contributed by atoms with Crippen LogP contribution in [0.15, 0.2) is 22.7 Å². The lowest BCUT2D eigenvalue weighted by Crippen LogP contribution is -2.35. The molecule has 1 aliphatic carbocycles. The normalized spacial score (nSPS) is 21.0. The molecule has 0 saturated heterocycles. The highest BCUT2D eigenvalue weighted by atomic mass is 79.9. The Hall–Kier alpha value is -1.63. The fraction of sp³-hybridized carbons (Fsp3) is 0.429. The maximum absolute atomic E-state index is 13.3. The van der Waals surface area contributed by atoms with Gasteiger partial charge in [0, 0.05) is 12.2 Å². The van der Waals surface area contributed by atoms with E-state index in [2.05, 4.69) is 26.6 Å². The van der Waals surface area contributed by atoms with E-state index < -0.39 is 23.7 Å². The van der Waals surface area contributed by atoms with E-state index in [1.807, 2.05) is 0 Å². The number of benzene rings is 1. The topological polar surface area (TPSA) is 78.4 Å². The summed E-state index contributed by atoms with van der Waals surface area (Å²) in [4.78, 5) is 22.8. The van der Waals surface area contributed by atoms with Gasteiger partial charge < -0.3 is 15.7 Å². The van der Waals surface area contributed by atoms with Crippen molar-refractivity contribution in [3.8, 4) is 0 Å². The summed E-state index contributed by atoms with van der Waals surface area (Å²) in [5.74, 6) is -1.71. The number of carbonyl (C=O) groups excluding carboxylic acids is 1. The zero-order chi connectivity index (χ0) is 15.4. The molecule has 0 bridgehead atoms. The van der Waals surface area contributed by atoms with Crippen LogP contribution in [0.2, 0.25) is 0 Å². The zero-order valence-corrected chi connectivity index (χ0v) is 12.8. The predicted molar refractivity (Wildman–Crippen MR) is 79.6 cm³/mol. The Morgan fingerprint density at radius 1 is 1.38 bits per heavy atom. The van der Waals surface area contributed by atoms with Crippen molar-refractivity contribution >= 4 is 33.6 Å². The number of anilines is 1. The van der Waals surface area contributed by atoms with Gasteiger partial charge in [0.05, 0.1) is 10.4 Å². The number of halogens is 2. The van der Waals surface area contributed by atoms with Gasteiger partial charge in [-0.2, -0.15) is 0 Å². The molecular formula is C14H16BrFN2O3. The van der Waals surface area contributed by atoms with Crippen molar-refractivity contribution in [1.82, 2.24) is 5.32 Å². The van der Waals surface area contributed by atoms with Crippen LogP contribution in [0.4, 0.5) is 14.9 Å². The molecule has 1 fully saturated rings. The average Bonchev–Trinajstić information content (AvgIpc) is 2.89. The monoisotopic (exact) mass is 358 g/mol. The molecule has 2 amide bonds. The van der Waals surface area contributed by atoms with Crippen LogP contribution in [-0.4, -0.2) is 23.7 Å². The third-order valence-electron chi connectivity index (χ3n) is 3.68. The van der Waals surface area contributed by atoms with Gasteiger partial charge in [-0.1, -0.05) is 6.42 Å². The van der Waals surface area contributed by atoms with Crippen LogP contribution in [0.25, 0.3) is 0 Å². The molecule has 1 saturated carbocycles. The van der Waals surface area contributed by atoms with Crippen LogP contribution in [0.3, 0.4) is 0 Å². The number of urea groups is 1. The highest BCUT2D eigenvalue weighted by Crippen LogP contribution is 2.31. The van der Waals surface area contributed by atoms with Crippen LogP contribution in [-0.2, 0) is 4.79 Å². The number of amides is 2. The molecule has 1 aliphatic rings. The summed E-state index contributed by atoms with van der Waals surface area (Å²) in [6.07, 6.45) is 2.31. The Morgan fingerprint density at radius 2 is 2.14 bits per heavy atom. The number of rotatable bonds is 4. The van der Waals surface area contributed by atoms with Gasteiger partial charge in [-0.05, 0) is 52.9 Å².